The number of hydrogen-bond donors (Lipinski definition) is 2. The van der Waals surface area contributed by atoms with Crippen molar-refractivity contribution in [3.63, 3.8) is 0 Å². The van der Waals surface area contributed by atoms with Crippen molar-refractivity contribution in [3.8, 4) is 11.8 Å². The van der Waals surface area contributed by atoms with Gasteiger partial charge in [0, 0.05) is 24.2 Å². The van der Waals surface area contributed by atoms with Crippen LogP contribution in [0.3, 0.4) is 0 Å². The number of carbonyl (C=O) groups excluding carboxylic acids is 1. The Morgan fingerprint density at radius 1 is 1.52 bits per heavy atom. The van der Waals surface area contributed by atoms with Gasteiger partial charge in [-0.05, 0) is 38.0 Å². The van der Waals surface area contributed by atoms with Gasteiger partial charge in [-0.25, -0.2) is 0 Å². The summed E-state index contributed by atoms with van der Waals surface area (Å²) in [5, 5.41) is 11.8. The molecule has 2 rings (SSSR count). The van der Waals surface area contributed by atoms with Gasteiger partial charge in [-0.2, -0.15) is 0 Å². The summed E-state index contributed by atoms with van der Waals surface area (Å²) in [7, 11) is 0. The second kappa shape index (κ2) is 7.26. The smallest absolute Gasteiger partial charge is 0.251 e. The van der Waals surface area contributed by atoms with Crippen LogP contribution in [0, 0.1) is 11.8 Å². The van der Waals surface area contributed by atoms with Gasteiger partial charge in [-0.15, -0.1) is 0 Å². The van der Waals surface area contributed by atoms with E-state index in [0.29, 0.717) is 18.6 Å². The Morgan fingerprint density at radius 2 is 2.38 bits per heavy atom. The largest absolute Gasteiger partial charge is 0.395 e. The van der Waals surface area contributed by atoms with Gasteiger partial charge in [0.25, 0.3) is 5.91 Å². The van der Waals surface area contributed by atoms with E-state index in [-0.39, 0.29) is 18.1 Å². The third kappa shape index (κ3) is 4.59. The second-order valence-electron chi connectivity index (χ2n) is 5.53. The molecule has 1 heterocycles. The quantitative estimate of drug-likeness (QED) is 0.832. The molecule has 1 unspecified atom stereocenters. The number of amides is 1. The molecule has 0 aromatic heterocycles. The van der Waals surface area contributed by atoms with Crippen molar-refractivity contribution >= 4 is 5.91 Å². The van der Waals surface area contributed by atoms with E-state index in [1.807, 2.05) is 19.1 Å². The minimum atomic E-state index is -0.298. The normalized spacial score (nSPS) is 21.2. The van der Waals surface area contributed by atoms with Crippen molar-refractivity contribution < 1.29 is 14.6 Å². The standard InChI is InChI=1S/C17H21NO3/c1-17(9-5-11-21-13-17)18-16(20)15-8-4-7-14(12-15)6-2-3-10-19/h4,7-8,12,19H,3,5,9-11,13H2,1H3,(H,18,20). The molecule has 0 aliphatic carbocycles. The summed E-state index contributed by atoms with van der Waals surface area (Å²) >= 11 is 0. The van der Waals surface area contributed by atoms with E-state index in [2.05, 4.69) is 17.2 Å². The zero-order valence-electron chi connectivity index (χ0n) is 12.3. The van der Waals surface area contributed by atoms with Crippen LogP contribution >= 0.6 is 0 Å². The molecule has 4 nitrogen and oxygen atoms in total. The van der Waals surface area contributed by atoms with Gasteiger partial charge in [-0.1, -0.05) is 17.9 Å². The van der Waals surface area contributed by atoms with Gasteiger partial charge in [0.05, 0.1) is 18.8 Å². The maximum Gasteiger partial charge on any atom is 0.251 e. The van der Waals surface area contributed by atoms with Crippen molar-refractivity contribution in [3.05, 3.63) is 35.4 Å². The Labute approximate surface area is 125 Å². The van der Waals surface area contributed by atoms with Crippen LogP contribution in [-0.4, -0.2) is 36.4 Å². The van der Waals surface area contributed by atoms with Crippen LogP contribution in [-0.2, 0) is 4.74 Å². The lowest BCUT2D eigenvalue weighted by atomic mass is 9.94. The van der Waals surface area contributed by atoms with Gasteiger partial charge >= 0.3 is 0 Å². The van der Waals surface area contributed by atoms with E-state index in [4.69, 9.17) is 9.84 Å². The average molecular weight is 287 g/mol. The van der Waals surface area contributed by atoms with E-state index in [9.17, 15) is 4.79 Å². The van der Waals surface area contributed by atoms with Crippen LogP contribution in [0.1, 0.15) is 42.1 Å². The summed E-state index contributed by atoms with van der Waals surface area (Å²) in [6.45, 7) is 3.37. The van der Waals surface area contributed by atoms with E-state index in [1.54, 1.807) is 12.1 Å². The van der Waals surface area contributed by atoms with Crippen LogP contribution in [0.5, 0.6) is 0 Å². The minimum absolute atomic E-state index is 0.0472. The predicted molar refractivity (Wildman–Crippen MR) is 80.9 cm³/mol. The van der Waals surface area contributed by atoms with Crippen molar-refractivity contribution in [1.29, 1.82) is 0 Å². The van der Waals surface area contributed by atoms with Crippen LogP contribution in [0.25, 0.3) is 0 Å². The fourth-order valence-electron chi connectivity index (χ4n) is 2.34. The molecule has 1 fully saturated rings. The number of rotatable bonds is 3. The Balaban J connectivity index is 2.05. The maximum absolute atomic E-state index is 12.3. The third-order valence-corrected chi connectivity index (χ3v) is 3.45. The number of carbonyl (C=O) groups is 1. The van der Waals surface area contributed by atoms with Gasteiger partial charge in [0.2, 0.25) is 0 Å². The van der Waals surface area contributed by atoms with E-state index in [0.717, 1.165) is 25.0 Å². The summed E-state index contributed by atoms with van der Waals surface area (Å²) < 4.78 is 5.45. The maximum atomic E-state index is 12.3. The molecule has 1 aromatic carbocycles. The molecule has 1 amide bonds. The molecule has 1 atom stereocenters. The predicted octanol–water partition coefficient (Wildman–Crippen LogP) is 1.72. The highest BCUT2D eigenvalue weighted by Crippen LogP contribution is 2.19. The number of ether oxygens (including phenoxy) is 1. The van der Waals surface area contributed by atoms with E-state index < -0.39 is 0 Å². The minimum Gasteiger partial charge on any atom is -0.395 e. The molecule has 112 valence electrons. The first kappa shape index (κ1) is 15.6. The molecular formula is C17H21NO3. The molecule has 0 spiro atoms. The Bertz CT molecular complexity index is 551. The fourth-order valence-corrected chi connectivity index (χ4v) is 2.34. The molecule has 0 radical (unpaired) electrons. The second-order valence-corrected chi connectivity index (χ2v) is 5.53. The van der Waals surface area contributed by atoms with Crippen LogP contribution in [0.2, 0.25) is 0 Å². The van der Waals surface area contributed by atoms with Gasteiger partial charge in [0.1, 0.15) is 0 Å². The summed E-state index contributed by atoms with van der Waals surface area (Å²) in [5.41, 5.74) is 1.08. The molecule has 0 saturated carbocycles. The molecule has 1 aliphatic heterocycles. The Kier molecular flexibility index (Phi) is 5.38. The SMILES string of the molecule is CC1(NC(=O)c2cccc(C#CCCO)c2)CCCOC1. The van der Waals surface area contributed by atoms with Gasteiger partial charge in [-0.3, -0.25) is 4.79 Å². The zero-order chi connectivity index (χ0) is 15.1. The lowest BCUT2D eigenvalue weighted by Crippen LogP contribution is -2.51. The third-order valence-electron chi connectivity index (χ3n) is 3.45. The van der Waals surface area contributed by atoms with E-state index in [1.165, 1.54) is 0 Å². The zero-order valence-corrected chi connectivity index (χ0v) is 12.3. The van der Waals surface area contributed by atoms with E-state index >= 15 is 0 Å². The first-order valence-corrected chi connectivity index (χ1v) is 7.23. The first-order valence-electron chi connectivity index (χ1n) is 7.23. The van der Waals surface area contributed by atoms with Crippen molar-refractivity contribution in [2.24, 2.45) is 0 Å². The average Bonchev–Trinajstić information content (AvgIpc) is 2.48. The van der Waals surface area contributed by atoms with Gasteiger partial charge in [0.15, 0.2) is 0 Å². The summed E-state index contributed by atoms with van der Waals surface area (Å²) in [5.74, 6) is 5.69. The Morgan fingerprint density at radius 3 is 3.10 bits per heavy atom. The van der Waals surface area contributed by atoms with Crippen LogP contribution in [0.15, 0.2) is 24.3 Å². The number of benzene rings is 1. The van der Waals surface area contributed by atoms with Crippen LogP contribution < -0.4 is 5.32 Å². The summed E-state index contributed by atoms with van der Waals surface area (Å²) in [6, 6.07) is 7.22. The number of aliphatic hydroxyl groups is 1. The molecule has 0 bridgehead atoms. The number of aliphatic hydroxyl groups excluding tert-OH is 1. The molecule has 1 aliphatic rings. The van der Waals surface area contributed by atoms with Crippen molar-refractivity contribution in [1.82, 2.24) is 5.32 Å². The summed E-state index contributed by atoms with van der Waals surface area (Å²) in [4.78, 5) is 12.3. The lowest BCUT2D eigenvalue weighted by molar-refractivity contribution is 0.0272. The lowest BCUT2D eigenvalue weighted by Gasteiger charge is -2.34. The van der Waals surface area contributed by atoms with Crippen molar-refractivity contribution in [2.45, 2.75) is 31.7 Å². The molecule has 21 heavy (non-hydrogen) atoms. The summed E-state index contributed by atoms with van der Waals surface area (Å²) in [6.07, 6.45) is 2.32. The molecule has 1 aromatic rings. The molecule has 1 saturated heterocycles. The van der Waals surface area contributed by atoms with Crippen molar-refractivity contribution in [2.75, 3.05) is 19.8 Å². The first-order chi connectivity index (χ1) is 10.1. The number of nitrogens with one attached hydrogen (secondary N) is 1. The topological polar surface area (TPSA) is 58.6 Å². The van der Waals surface area contributed by atoms with Gasteiger partial charge < -0.3 is 15.2 Å². The number of hydrogen-bond acceptors (Lipinski definition) is 3. The Hall–Kier alpha value is -1.83. The highest BCUT2D eigenvalue weighted by atomic mass is 16.5. The highest BCUT2D eigenvalue weighted by molar-refractivity contribution is 5.95. The molecular weight excluding hydrogens is 266 g/mol. The monoisotopic (exact) mass is 287 g/mol. The highest BCUT2D eigenvalue weighted by Gasteiger charge is 2.29. The van der Waals surface area contributed by atoms with Crippen LogP contribution in [0.4, 0.5) is 0 Å². The molecule has 4 heteroatoms. The fraction of sp³-hybridized carbons (Fsp3) is 0.471. The molecule has 2 N–H and O–H groups in total.